The Balaban J connectivity index is 0.000000229. The molecule has 3 saturated heterocycles. The Labute approximate surface area is 337 Å². The fourth-order valence-corrected chi connectivity index (χ4v) is 9.82. The summed E-state index contributed by atoms with van der Waals surface area (Å²) in [6.45, 7) is 8.23. The average molecular weight is 842 g/mol. The molecule has 3 aliphatic heterocycles. The first-order valence-electron chi connectivity index (χ1n) is 18.8. The number of likely N-dealkylation sites (N-methyl/N-ethyl adjacent to an activating group) is 2. The van der Waals surface area contributed by atoms with E-state index < -0.39 is 37.7 Å². The number of esters is 1. The first-order chi connectivity index (χ1) is 27.6. The summed E-state index contributed by atoms with van der Waals surface area (Å²) in [4.78, 5) is 45.8. The van der Waals surface area contributed by atoms with Crippen LogP contribution in [0.2, 0.25) is 0 Å². The number of aromatic amines is 1. The van der Waals surface area contributed by atoms with E-state index in [1.165, 1.54) is 20.7 Å². The number of aromatic nitrogens is 1. The summed E-state index contributed by atoms with van der Waals surface area (Å²) in [5.41, 5.74) is 2.41. The van der Waals surface area contributed by atoms with Crippen molar-refractivity contribution in [3.8, 4) is 0 Å². The Bertz CT molecular complexity index is 2440. The number of amides is 1. The number of piperazine rings is 2. The summed E-state index contributed by atoms with van der Waals surface area (Å²) in [6.07, 6.45) is 0. The van der Waals surface area contributed by atoms with E-state index in [1.807, 2.05) is 30.8 Å². The molecule has 0 aliphatic carbocycles. The van der Waals surface area contributed by atoms with Crippen molar-refractivity contribution in [2.75, 3.05) is 110 Å². The molecular weight excluding hydrogens is 794 g/mol. The van der Waals surface area contributed by atoms with Gasteiger partial charge in [-0.2, -0.15) is 8.61 Å². The molecule has 19 heteroatoms. The number of H-pyrrole nitrogens is 1. The van der Waals surface area contributed by atoms with Gasteiger partial charge < -0.3 is 34.5 Å². The number of ether oxygens (including phenoxy) is 2. The van der Waals surface area contributed by atoms with E-state index >= 15 is 0 Å². The number of halogens is 1. The first kappa shape index (κ1) is 42.8. The molecule has 0 saturated carbocycles. The zero-order chi connectivity index (χ0) is 41.8. The normalized spacial score (nSPS) is 17.7. The van der Waals surface area contributed by atoms with E-state index in [2.05, 4.69) is 19.9 Å². The minimum atomic E-state index is -3.75. The van der Waals surface area contributed by atoms with E-state index in [0.29, 0.717) is 95.6 Å². The molecule has 3 aromatic carbocycles. The van der Waals surface area contributed by atoms with Crippen LogP contribution in [0.5, 0.6) is 0 Å². The number of hydrogen-bond acceptors (Lipinski definition) is 12. The highest BCUT2D eigenvalue weighted by Gasteiger charge is 2.31. The number of hydrogen-bond donors (Lipinski definition) is 2. The Kier molecular flexibility index (Phi) is 13.3. The maximum absolute atomic E-state index is 13.6. The van der Waals surface area contributed by atoms with Gasteiger partial charge in [-0.15, -0.1) is 0 Å². The predicted molar refractivity (Wildman–Crippen MR) is 217 cm³/mol. The minimum absolute atomic E-state index is 0.103. The van der Waals surface area contributed by atoms with Crippen LogP contribution in [-0.4, -0.2) is 152 Å². The maximum Gasteiger partial charge on any atom is 0.340 e. The molecule has 1 amide bonds. The Morgan fingerprint density at radius 1 is 0.741 bits per heavy atom. The third-order valence-corrected chi connectivity index (χ3v) is 14.2. The topological polar surface area (TPSA) is 182 Å². The van der Waals surface area contributed by atoms with Gasteiger partial charge in [0.25, 0.3) is 5.91 Å². The number of pyridine rings is 1. The number of nitrogens with one attached hydrogen (secondary N) is 2. The van der Waals surface area contributed by atoms with Crippen LogP contribution >= 0.6 is 0 Å². The van der Waals surface area contributed by atoms with Crippen LogP contribution in [0.25, 0.3) is 10.9 Å². The number of nitrogens with zero attached hydrogens (tertiary/aromatic N) is 5. The average Bonchev–Trinajstić information content (AvgIpc) is 3.21. The highest BCUT2D eigenvalue weighted by atomic mass is 32.2. The Morgan fingerprint density at radius 2 is 1.29 bits per heavy atom. The van der Waals surface area contributed by atoms with Crippen LogP contribution in [-0.2, 0) is 29.5 Å². The molecule has 0 atom stereocenters. The van der Waals surface area contributed by atoms with Crippen LogP contribution in [0.15, 0.2) is 75.2 Å². The van der Waals surface area contributed by atoms with Crippen molar-refractivity contribution in [3.05, 3.63) is 93.5 Å². The third-order valence-electron chi connectivity index (χ3n) is 10.4. The molecular formula is C39H48FN7O9S2. The molecule has 0 spiro atoms. The maximum atomic E-state index is 13.6. The fraction of sp³-hybridized carbons (Fsp3) is 0.410. The summed E-state index contributed by atoms with van der Waals surface area (Å²) in [5, 5.41) is 3.75. The van der Waals surface area contributed by atoms with Gasteiger partial charge in [0.2, 0.25) is 25.6 Å². The van der Waals surface area contributed by atoms with E-state index in [1.54, 1.807) is 30.3 Å². The second kappa shape index (κ2) is 18.0. The Morgan fingerprint density at radius 3 is 1.86 bits per heavy atom. The summed E-state index contributed by atoms with van der Waals surface area (Å²) >= 11 is 0. The predicted octanol–water partition coefficient (Wildman–Crippen LogP) is 2.41. The van der Waals surface area contributed by atoms with E-state index in [9.17, 15) is 35.6 Å². The van der Waals surface area contributed by atoms with Gasteiger partial charge >= 0.3 is 5.97 Å². The summed E-state index contributed by atoms with van der Waals surface area (Å²) < 4.78 is 78.2. The second-order valence-electron chi connectivity index (χ2n) is 14.4. The lowest BCUT2D eigenvalue weighted by Gasteiger charge is -2.32. The summed E-state index contributed by atoms with van der Waals surface area (Å²) in [7, 11) is -2.49. The summed E-state index contributed by atoms with van der Waals surface area (Å²) in [6, 6.07) is 14.7. The van der Waals surface area contributed by atoms with E-state index in [0.717, 1.165) is 36.3 Å². The fourth-order valence-electron chi connectivity index (χ4n) is 6.92. The minimum Gasteiger partial charge on any atom is -0.465 e. The van der Waals surface area contributed by atoms with Gasteiger partial charge in [0.15, 0.2) is 0 Å². The summed E-state index contributed by atoms with van der Waals surface area (Å²) in [5.74, 6) is -2.11. The van der Waals surface area contributed by atoms with Crippen LogP contribution in [0.4, 0.5) is 15.8 Å². The SMILES string of the molecule is COC(=O)c1cc(S(=O)(=O)N2CCN(C)CC2)ccc1F.Cc1cc(=O)[nH]c2ccc(NC(=O)c3cc(S(=O)(=O)N4CCN(C)CC4)ccc3N3CCOCC3)cc12. The van der Waals surface area contributed by atoms with Gasteiger partial charge in [0.1, 0.15) is 5.82 Å². The first-order valence-corrected chi connectivity index (χ1v) is 21.6. The largest absolute Gasteiger partial charge is 0.465 e. The molecule has 0 bridgehead atoms. The Hall–Kier alpha value is -4.76. The molecule has 4 aromatic rings. The molecule has 2 N–H and O–H groups in total. The van der Waals surface area contributed by atoms with Crippen LogP contribution in [0.3, 0.4) is 0 Å². The van der Waals surface area contributed by atoms with Crippen molar-refractivity contribution >= 4 is 54.2 Å². The van der Waals surface area contributed by atoms with Crippen LogP contribution < -0.4 is 15.8 Å². The monoisotopic (exact) mass is 841 g/mol. The van der Waals surface area contributed by atoms with Gasteiger partial charge in [-0.25, -0.2) is 26.0 Å². The van der Waals surface area contributed by atoms with Crippen molar-refractivity contribution < 1.29 is 40.3 Å². The van der Waals surface area contributed by atoms with Crippen molar-refractivity contribution in [3.63, 3.8) is 0 Å². The molecule has 16 nitrogen and oxygen atoms in total. The lowest BCUT2D eigenvalue weighted by Crippen LogP contribution is -2.47. The molecule has 312 valence electrons. The second-order valence-corrected chi connectivity index (χ2v) is 18.2. The van der Waals surface area contributed by atoms with Crippen LogP contribution in [0, 0.1) is 12.7 Å². The lowest BCUT2D eigenvalue weighted by molar-refractivity contribution is 0.0595. The number of rotatable bonds is 8. The zero-order valence-electron chi connectivity index (χ0n) is 32.9. The van der Waals surface area contributed by atoms with Gasteiger partial charge in [-0.05, 0) is 81.2 Å². The molecule has 4 heterocycles. The smallest absolute Gasteiger partial charge is 0.340 e. The zero-order valence-corrected chi connectivity index (χ0v) is 34.5. The number of carbonyl (C=O) groups is 2. The lowest BCUT2D eigenvalue weighted by atomic mass is 10.1. The van der Waals surface area contributed by atoms with Crippen molar-refractivity contribution in [1.82, 2.24) is 23.4 Å². The third kappa shape index (κ3) is 9.57. The number of carbonyl (C=O) groups excluding carboxylic acids is 2. The number of benzene rings is 3. The highest BCUT2D eigenvalue weighted by Crippen LogP contribution is 2.29. The number of fused-ring (bicyclic) bond motifs is 1. The van der Waals surface area contributed by atoms with Crippen molar-refractivity contribution in [1.29, 1.82) is 0 Å². The molecule has 0 radical (unpaired) electrons. The van der Waals surface area contributed by atoms with Gasteiger partial charge in [-0.3, -0.25) is 9.59 Å². The van der Waals surface area contributed by atoms with Crippen LogP contribution in [0.1, 0.15) is 26.3 Å². The van der Waals surface area contributed by atoms with Gasteiger partial charge in [0.05, 0.1) is 41.2 Å². The molecule has 7 rings (SSSR count). The van der Waals surface area contributed by atoms with Gasteiger partial charge in [0, 0.05) is 93.8 Å². The van der Waals surface area contributed by atoms with E-state index in [-0.39, 0.29) is 26.5 Å². The number of morpholine rings is 1. The molecule has 3 fully saturated rings. The molecule has 0 unspecified atom stereocenters. The highest BCUT2D eigenvalue weighted by molar-refractivity contribution is 7.89. The molecule has 3 aliphatic rings. The number of anilines is 2. The standard InChI is InChI=1S/C26H31N5O5S.C13H17FN2O4S/c1-18-15-25(32)28-23-5-3-19(16-21(18)23)27-26(33)22-17-20(4-6-24(22)30-11-13-36-14-12-30)37(34,35)31-9-7-29(2)8-10-31;1-15-5-7-16(8-6-15)21(18,19)10-3-4-12(14)11(9-10)13(17)20-2/h3-6,15-17H,7-14H2,1-2H3,(H,27,33)(H,28,32);3-4,9H,5-8H2,1-2H3. The van der Waals surface area contributed by atoms with Gasteiger partial charge in [-0.1, -0.05) is 0 Å². The number of aryl methyl sites for hydroxylation is 1. The number of sulfonamides is 2. The quantitative estimate of drug-likeness (QED) is 0.248. The van der Waals surface area contributed by atoms with Crippen molar-refractivity contribution in [2.24, 2.45) is 0 Å². The van der Waals surface area contributed by atoms with Crippen molar-refractivity contribution in [2.45, 2.75) is 16.7 Å². The van der Waals surface area contributed by atoms with E-state index in [4.69, 9.17) is 4.74 Å². The molecule has 58 heavy (non-hydrogen) atoms. The number of methoxy groups -OCH3 is 1. The molecule has 1 aromatic heterocycles.